The molecule has 0 aliphatic rings. The number of nitrogens with zero attached hydrogens (tertiary/aromatic N) is 1. The van der Waals surface area contributed by atoms with Crippen LogP contribution >= 0.6 is 22.9 Å². The molecule has 0 atom stereocenters. The number of hydrogen-bond acceptors (Lipinski definition) is 4. The molecule has 0 saturated carbocycles. The lowest BCUT2D eigenvalue weighted by atomic mass is 10.2. The van der Waals surface area contributed by atoms with E-state index in [1.54, 1.807) is 26.0 Å². The van der Waals surface area contributed by atoms with Gasteiger partial charge < -0.3 is 10.4 Å². The van der Waals surface area contributed by atoms with Crippen LogP contribution in [0.3, 0.4) is 0 Å². The van der Waals surface area contributed by atoms with Gasteiger partial charge in [-0.3, -0.25) is 4.79 Å². The van der Waals surface area contributed by atoms with Gasteiger partial charge in [0, 0.05) is 11.3 Å². The number of carboxylic acid groups (broad SMARTS) is 1. The van der Waals surface area contributed by atoms with Crippen molar-refractivity contribution in [2.75, 3.05) is 5.32 Å². The molecule has 2 N–H and O–H groups in total. The van der Waals surface area contributed by atoms with Crippen molar-refractivity contribution in [3.63, 3.8) is 0 Å². The van der Waals surface area contributed by atoms with Crippen molar-refractivity contribution in [1.82, 2.24) is 4.98 Å². The van der Waals surface area contributed by atoms with Crippen LogP contribution in [0.2, 0.25) is 5.15 Å². The van der Waals surface area contributed by atoms with Gasteiger partial charge in [0.25, 0.3) is 5.91 Å². The number of pyridine rings is 1. The average molecular weight is 311 g/mol. The number of hydrogen-bond donors (Lipinski definition) is 2. The SMILES string of the molecule is Cc1cc(C(=O)Nc2cc(C)c(C(=O)O)s2)cc(Cl)n1. The first-order valence-corrected chi connectivity index (χ1v) is 6.85. The van der Waals surface area contributed by atoms with Gasteiger partial charge in [0.15, 0.2) is 0 Å². The smallest absolute Gasteiger partial charge is 0.346 e. The van der Waals surface area contributed by atoms with E-state index in [2.05, 4.69) is 10.3 Å². The summed E-state index contributed by atoms with van der Waals surface area (Å²) in [5.74, 6) is -1.36. The van der Waals surface area contributed by atoms with E-state index in [1.807, 2.05) is 0 Å². The number of aromatic nitrogens is 1. The summed E-state index contributed by atoms with van der Waals surface area (Å²) < 4.78 is 0. The van der Waals surface area contributed by atoms with Crippen molar-refractivity contribution in [1.29, 1.82) is 0 Å². The number of aryl methyl sites for hydroxylation is 2. The number of rotatable bonds is 3. The van der Waals surface area contributed by atoms with Crippen LogP contribution in [0.1, 0.15) is 31.3 Å². The summed E-state index contributed by atoms with van der Waals surface area (Å²) in [6, 6.07) is 4.70. The Morgan fingerprint density at radius 2 is 2.00 bits per heavy atom. The van der Waals surface area contributed by atoms with Crippen LogP contribution in [0.4, 0.5) is 5.00 Å². The van der Waals surface area contributed by atoms with Crippen LogP contribution in [0.25, 0.3) is 0 Å². The van der Waals surface area contributed by atoms with Crippen LogP contribution < -0.4 is 5.32 Å². The van der Waals surface area contributed by atoms with Crippen LogP contribution in [-0.4, -0.2) is 22.0 Å². The molecule has 0 spiro atoms. The highest BCUT2D eigenvalue weighted by atomic mass is 35.5. The van der Waals surface area contributed by atoms with Crippen molar-refractivity contribution in [2.24, 2.45) is 0 Å². The van der Waals surface area contributed by atoms with Gasteiger partial charge in [-0.1, -0.05) is 11.6 Å². The van der Waals surface area contributed by atoms with Gasteiger partial charge in [0.05, 0.1) is 5.00 Å². The molecule has 0 aliphatic carbocycles. The normalized spacial score (nSPS) is 10.3. The van der Waals surface area contributed by atoms with Gasteiger partial charge in [0.2, 0.25) is 0 Å². The van der Waals surface area contributed by atoms with E-state index in [1.165, 1.54) is 6.07 Å². The highest BCUT2D eigenvalue weighted by molar-refractivity contribution is 7.18. The van der Waals surface area contributed by atoms with E-state index < -0.39 is 5.97 Å². The van der Waals surface area contributed by atoms with Crippen molar-refractivity contribution >= 4 is 39.8 Å². The summed E-state index contributed by atoms with van der Waals surface area (Å²) in [5.41, 5.74) is 1.63. The second-order valence-corrected chi connectivity index (χ2v) is 5.64. The van der Waals surface area contributed by atoms with Gasteiger partial charge in [-0.15, -0.1) is 11.3 Å². The number of carbonyl (C=O) groups is 2. The molecular formula is C13H11ClN2O3S. The zero-order chi connectivity index (χ0) is 14.9. The molecule has 0 fully saturated rings. The number of anilines is 1. The summed E-state index contributed by atoms with van der Waals surface area (Å²) in [6.45, 7) is 3.42. The first-order chi connectivity index (χ1) is 9.36. The van der Waals surface area contributed by atoms with Gasteiger partial charge in [-0.2, -0.15) is 0 Å². The van der Waals surface area contributed by atoms with Gasteiger partial charge >= 0.3 is 5.97 Å². The zero-order valence-corrected chi connectivity index (χ0v) is 12.3. The van der Waals surface area contributed by atoms with Crippen LogP contribution in [0.5, 0.6) is 0 Å². The van der Waals surface area contributed by atoms with E-state index >= 15 is 0 Å². The van der Waals surface area contributed by atoms with Crippen LogP contribution in [0.15, 0.2) is 18.2 Å². The predicted molar refractivity (Wildman–Crippen MR) is 78.0 cm³/mol. The monoisotopic (exact) mass is 310 g/mol. The second kappa shape index (κ2) is 5.60. The first-order valence-electron chi connectivity index (χ1n) is 5.66. The molecular weight excluding hydrogens is 300 g/mol. The molecule has 2 rings (SSSR count). The third-order valence-corrected chi connectivity index (χ3v) is 3.87. The number of nitrogens with one attached hydrogen (secondary N) is 1. The summed E-state index contributed by atoms with van der Waals surface area (Å²) in [7, 11) is 0. The zero-order valence-electron chi connectivity index (χ0n) is 10.7. The van der Waals surface area contributed by atoms with E-state index in [4.69, 9.17) is 16.7 Å². The Labute approximate surface area is 124 Å². The Morgan fingerprint density at radius 3 is 2.55 bits per heavy atom. The summed E-state index contributed by atoms with van der Waals surface area (Å²) >= 11 is 6.82. The second-order valence-electron chi connectivity index (χ2n) is 4.20. The third kappa shape index (κ3) is 3.15. The van der Waals surface area contributed by atoms with Crippen molar-refractivity contribution in [3.8, 4) is 0 Å². The summed E-state index contributed by atoms with van der Waals surface area (Å²) in [4.78, 5) is 27.2. The molecule has 5 nitrogen and oxygen atoms in total. The molecule has 0 aliphatic heterocycles. The fraction of sp³-hybridized carbons (Fsp3) is 0.154. The Kier molecular flexibility index (Phi) is 4.06. The fourth-order valence-electron chi connectivity index (χ4n) is 1.70. The first kappa shape index (κ1) is 14.5. The topological polar surface area (TPSA) is 79.3 Å². The maximum atomic E-state index is 12.1. The van der Waals surface area contributed by atoms with Gasteiger partial charge in [-0.05, 0) is 37.6 Å². The molecule has 0 bridgehead atoms. The molecule has 0 saturated heterocycles. The number of thiophene rings is 1. The lowest BCUT2D eigenvalue weighted by Gasteiger charge is -2.03. The largest absolute Gasteiger partial charge is 0.477 e. The number of halogens is 1. The standard InChI is InChI=1S/C13H11ClN2O3S/c1-6-3-10(20-11(6)13(18)19)16-12(17)8-4-7(2)15-9(14)5-8/h3-5H,1-2H3,(H,16,17)(H,18,19). The van der Waals surface area contributed by atoms with E-state index in [0.717, 1.165) is 11.3 Å². The van der Waals surface area contributed by atoms with Crippen LogP contribution in [-0.2, 0) is 0 Å². The lowest BCUT2D eigenvalue weighted by Crippen LogP contribution is -2.11. The summed E-state index contributed by atoms with van der Waals surface area (Å²) in [6.07, 6.45) is 0. The molecule has 104 valence electrons. The predicted octanol–water partition coefficient (Wildman–Crippen LogP) is 3.36. The minimum absolute atomic E-state index is 0.212. The summed E-state index contributed by atoms with van der Waals surface area (Å²) in [5, 5.41) is 12.4. The Morgan fingerprint density at radius 1 is 1.30 bits per heavy atom. The van der Waals surface area contributed by atoms with Crippen molar-refractivity contribution in [3.05, 3.63) is 45.1 Å². The Hall–Kier alpha value is -1.92. The van der Waals surface area contributed by atoms with E-state index in [-0.39, 0.29) is 15.9 Å². The number of carbonyl (C=O) groups excluding carboxylic acids is 1. The number of amides is 1. The molecule has 0 unspecified atom stereocenters. The minimum Gasteiger partial charge on any atom is -0.477 e. The van der Waals surface area contributed by atoms with Gasteiger partial charge in [0.1, 0.15) is 10.0 Å². The quantitative estimate of drug-likeness (QED) is 0.852. The third-order valence-electron chi connectivity index (χ3n) is 2.53. The molecule has 20 heavy (non-hydrogen) atoms. The van der Waals surface area contributed by atoms with Crippen LogP contribution in [0, 0.1) is 13.8 Å². The maximum absolute atomic E-state index is 12.1. The molecule has 0 radical (unpaired) electrons. The number of aromatic carboxylic acids is 1. The Balaban J connectivity index is 2.23. The van der Waals surface area contributed by atoms with Crippen molar-refractivity contribution in [2.45, 2.75) is 13.8 Å². The molecule has 0 aromatic carbocycles. The molecule has 1 amide bonds. The maximum Gasteiger partial charge on any atom is 0.346 e. The molecule has 7 heteroatoms. The molecule has 2 aromatic rings. The highest BCUT2D eigenvalue weighted by Crippen LogP contribution is 2.27. The molecule has 2 heterocycles. The minimum atomic E-state index is -1.00. The van der Waals surface area contributed by atoms with Crippen molar-refractivity contribution < 1.29 is 14.7 Å². The lowest BCUT2D eigenvalue weighted by molar-refractivity contribution is 0.0701. The average Bonchev–Trinajstić information content (AvgIpc) is 2.69. The van der Waals surface area contributed by atoms with E-state index in [0.29, 0.717) is 21.8 Å². The highest BCUT2D eigenvalue weighted by Gasteiger charge is 2.15. The Bertz CT molecular complexity index is 677. The van der Waals surface area contributed by atoms with E-state index in [9.17, 15) is 9.59 Å². The van der Waals surface area contributed by atoms with Gasteiger partial charge in [-0.25, -0.2) is 9.78 Å². The molecule has 2 aromatic heterocycles. The fourth-order valence-corrected chi connectivity index (χ4v) is 2.86. The number of carboxylic acids is 1.